The Kier molecular flexibility index (Phi) is 4.06. The molecule has 1 aliphatic carbocycles. The van der Waals surface area contributed by atoms with E-state index in [1.807, 2.05) is 35.2 Å². The van der Waals surface area contributed by atoms with Crippen molar-refractivity contribution in [2.45, 2.75) is 25.3 Å². The fraction of sp³-hybridized carbons (Fsp3) is 0.353. The average molecular weight is 332 g/mol. The van der Waals surface area contributed by atoms with Crippen LogP contribution >= 0.6 is 15.9 Å². The summed E-state index contributed by atoms with van der Waals surface area (Å²) in [6.45, 7) is 0.784. The van der Waals surface area contributed by atoms with E-state index < -0.39 is 0 Å². The van der Waals surface area contributed by atoms with E-state index in [1.54, 1.807) is 0 Å². The van der Waals surface area contributed by atoms with E-state index in [2.05, 4.69) is 28.1 Å². The van der Waals surface area contributed by atoms with Crippen LogP contribution < -0.4 is 0 Å². The summed E-state index contributed by atoms with van der Waals surface area (Å²) >= 11 is 3.47. The maximum absolute atomic E-state index is 12.9. The highest BCUT2D eigenvalue weighted by Crippen LogP contribution is 2.28. The first kappa shape index (κ1) is 13.6. The lowest BCUT2D eigenvalue weighted by atomic mass is 9.90. The fourth-order valence-corrected chi connectivity index (χ4v) is 3.19. The van der Waals surface area contributed by atoms with Crippen molar-refractivity contribution >= 4 is 32.6 Å². The molecule has 0 atom stereocenters. The molecule has 1 aliphatic rings. The Morgan fingerprint density at radius 1 is 1.15 bits per heavy atom. The first-order valence-electron chi connectivity index (χ1n) is 7.16. The van der Waals surface area contributed by atoms with Crippen molar-refractivity contribution in [3.8, 4) is 0 Å². The Morgan fingerprint density at radius 3 is 2.60 bits per heavy atom. The van der Waals surface area contributed by atoms with Crippen LogP contribution in [0.1, 0.15) is 29.6 Å². The number of benzene rings is 2. The van der Waals surface area contributed by atoms with E-state index in [1.165, 1.54) is 6.42 Å². The first-order valence-corrected chi connectivity index (χ1v) is 8.28. The van der Waals surface area contributed by atoms with E-state index in [9.17, 15) is 4.79 Å². The van der Waals surface area contributed by atoms with Crippen LogP contribution in [0.25, 0.3) is 10.8 Å². The number of rotatable bonds is 4. The fourth-order valence-electron chi connectivity index (χ4n) is 2.81. The summed E-state index contributed by atoms with van der Waals surface area (Å²) in [5.74, 6) is 0.172. The smallest absolute Gasteiger partial charge is 0.254 e. The molecule has 3 rings (SSSR count). The van der Waals surface area contributed by atoms with Crippen molar-refractivity contribution in [3.63, 3.8) is 0 Å². The van der Waals surface area contributed by atoms with Crippen LogP contribution in [0.4, 0.5) is 0 Å². The van der Waals surface area contributed by atoms with Crippen LogP contribution in [0.5, 0.6) is 0 Å². The molecule has 0 radical (unpaired) electrons. The van der Waals surface area contributed by atoms with Crippen molar-refractivity contribution in [2.24, 2.45) is 0 Å². The Morgan fingerprint density at radius 2 is 1.90 bits per heavy atom. The maximum Gasteiger partial charge on any atom is 0.254 e. The van der Waals surface area contributed by atoms with E-state index >= 15 is 0 Å². The Bertz CT molecular complexity index is 616. The minimum Gasteiger partial charge on any atom is -0.335 e. The number of hydrogen-bond donors (Lipinski definition) is 0. The summed E-state index contributed by atoms with van der Waals surface area (Å²) in [7, 11) is 0. The van der Waals surface area contributed by atoms with Gasteiger partial charge in [0.2, 0.25) is 0 Å². The summed E-state index contributed by atoms with van der Waals surface area (Å²) in [5.41, 5.74) is 0.830. The lowest BCUT2D eigenvalue weighted by Gasteiger charge is -2.37. The van der Waals surface area contributed by atoms with Gasteiger partial charge < -0.3 is 4.90 Å². The van der Waals surface area contributed by atoms with Crippen molar-refractivity contribution in [2.75, 3.05) is 11.9 Å². The zero-order valence-corrected chi connectivity index (χ0v) is 13.0. The number of amides is 1. The Hall–Kier alpha value is -1.35. The van der Waals surface area contributed by atoms with Crippen LogP contribution in [-0.4, -0.2) is 28.7 Å². The number of fused-ring (bicyclic) bond motifs is 1. The van der Waals surface area contributed by atoms with Gasteiger partial charge in [-0.1, -0.05) is 52.3 Å². The van der Waals surface area contributed by atoms with Gasteiger partial charge in [0.05, 0.1) is 0 Å². The second-order valence-corrected chi connectivity index (χ2v) is 6.09. The first-order chi connectivity index (χ1) is 9.81. The topological polar surface area (TPSA) is 20.3 Å². The van der Waals surface area contributed by atoms with Gasteiger partial charge in [0.1, 0.15) is 0 Å². The molecule has 0 heterocycles. The third-order valence-electron chi connectivity index (χ3n) is 4.12. The predicted molar refractivity (Wildman–Crippen MR) is 86.4 cm³/mol. The molecule has 2 aromatic rings. The Balaban J connectivity index is 1.98. The lowest BCUT2D eigenvalue weighted by molar-refractivity contribution is 0.0601. The highest BCUT2D eigenvalue weighted by atomic mass is 79.9. The van der Waals surface area contributed by atoms with E-state index in [-0.39, 0.29) is 5.91 Å². The molecule has 0 aromatic heterocycles. The zero-order valence-electron chi connectivity index (χ0n) is 11.4. The number of alkyl halides is 1. The maximum atomic E-state index is 12.9. The summed E-state index contributed by atoms with van der Waals surface area (Å²) < 4.78 is 0. The molecular weight excluding hydrogens is 314 g/mol. The highest BCUT2D eigenvalue weighted by molar-refractivity contribution is 9.09. The number of hydrogen-bond acceptors (Lipinski definition) is 1. The van der Waals surface area contributed by atoms with Crippen molar-refractivity contribution in [1.29, 1.82) is 0 Å². The minimum atomic E-state index is 0.172. The second-order valence-electron chi connectivity index (χ2n) is 5.30. The van der Waals surface area contributed by atoms with Gasteiger partial charge in [-0.3, -0.25) is 4.79 Å². The van der Waals surface area contributed by atoms with Crippen LogP contribution in [0, 0.1) is 0 Å². The molecule has 0 aliphatic heterocycles. The molecule has 20 heavy (non-hydrogen) atoms. The van der Waals surface area contributed by atoms with E-state index in [0.717, 1.165) is 41.1 Å². The molecule has 0 bridgehead atoms. The van der Waals surface area contributed by atoms with Gasteiger partial charge >= 0.3 is 0 Å². The average Bonchev–Trinajstić information content (AvgIpc) is 2.43. The van der Waals surface area contributed by atoms with E-state index in [4.69, 9.17) is 0 Å². The van der Waals surface area contributed by atoms with Crippen LogP contribution in [0.2, 0.25) is 0 Å². The predicted octanol–water partition coefficient (Wildman–Crippen LogP) is 4.23. The van der Waals surface area contributed by atoms with Gasteiger partial charge in [-0.15, -0.1) is 0 Å². The number of nitrogens with zero attached hydrogens (tertiary/aromatic N) is 1. The van der Waals surface area contributed by atoms with Crippen molar-refractivity contribution < 1.29 is 4.79 Å². The molecule has 2 aromatic carbocycles. The molecule has 3 heteroatoms. The molecule has 2 nitrogen and oxygen atoms in total. The highest BCUT2D eigenvalue weighted by Gasteiger charge is 2.29. The summed E-state index contributed by atoms with van der Waals surface area (Å²) in [6, 6.07) is 14.5. The van der Waals surface area contributed by atoms with Crippen molar-refractivity contribution in [3.05, 3.63) is 48.0 Å². The van der Waals surface area contributed by atoms with Gasteiger partial charge in [-0.2, -0.15) is 0 Å². The lowest BCUT2D eigenvalue weighted by Crippen LogP contribution is -2.45. The molecule has 104 valence electrons. The summed E-state index contributed by atoms with van der Waals surface area (Å²) in [6.07, 6.45) is 3.53. The number of carbonyl (C=O) groups is 1. The molecule has 0 spiro atoms. The van der Waals surface area contributed by atoms with Crippen LogP contribution in [0.15, 0.2) is 42.5 Å². The van der Waals surface area contributed by atoms with Gasteiger partial charge in [-0.25, -0.2) is 0 Å². The quantitative estimate of drug-likeness (QED) is 0.768. The molecule has 0 saturated heterocycles. The molecule has 0 unspecified atom stereocenters. The number of halogens is 1. The van der Waals surface area contributed by atoms with Gasteiger partial charge in [0.25, 0.3) is 5.91 Å². The largest absolute Gasteiger partial charge is 0.335 e. The second kappa shape index (κ2) is 5.96. The van der Waals surface area contributed by atoms with Crippen LogP contribution in [0.3, 0.4) is 0 Å². The standard InChI is InChI=1S/C17H18BrNO/c18-11-12-19(14-7-4-8-14)17(20)16-10-3-6-13-5-1-2-9-15(13)16/h1-3,5-6,9-10,14H,4,7-8,11-12H2. The summed E-state index contributed by atoms with van der Waals surface area (Å²) in [5, 5.41) is 3.02. The molecule has 1 amide bonds. The Labute approximate surface area is 127 Å². The molecule has 0 N–H and O–H groups in total. The third kappa shape index (κ3) is 2.47. The zero-order chi connectivity index (χ0) is 13.9. The minimum absolute atomic E-state index is 0.172. The number of carbonyl (C=O) groups excluding carboxylic acids is 1. The third-order valence-corrected chi connectivity index (χ3v) is 4.48. The normalized spacial score (nSPS) is 15.1. The van der Waals surface area contributed by atoms with Gasteiger partial charge in [0, 0.05) is 23.5 Å². The van der Waals surface area contributed by atoms with Gasteiger partial charge in [-0.05, 0) is 36.1 Å². The van der Waals surface area contributed by atoms with Crippen molar-refractivity contribution in [1.82, 2.24) is 4.90 Å². The monoisotopic (exact) mass is 331 g/mol. The molecule has 1 fully saturated rings. The van der Waals surface area contributed by atoms with Crippen LogP contribution in [-0.2, 0) is 0 Å². The van der Waals surface area contributed by atoms with E-state index in [0.29, 0.717) is 6.04 Å². The summed E-state index contributed by atoms with van der Waals surface area (Å²) in [4.78, 5) is 14.9. The van der Waals surface area contributed by atoms with Gasteiger partial charge in [0.15, 0.2) is 0 Å². The SMILES string of the molecule is O=C(c1cccc2ccccc12)N(CCBr)C1CCC1. The molecular formula is C17H18BrNO. The molecule has 1 saturated carbocycles.